The molecule has 1 aromatic carbocycles. The van der Waals surface area contributed by atoms with E-state index in [0.717, 1.165) is 0 Å². The predicted octanol–water partition coefficient (Wildman–Crippen LogP) is 2.63. The van der Waals surface area contributed by atoms with Crippen LogP contribution >= 0.6 is 0 Å². The Hall–Kier alpha value is -4.21. The molecule has 158 valence electrons. The minimum Gasteiger partial charge on any atom is -0.497 e. The highest BCUT2D eigenvalue weighted by Gasteiger charge is 2.29. The van der Waals surface area contributed by atoms with Crippen molar-refractivity contribution in [3.63, 3.8) is 0 Å². The lowest BCUT2D eigenvalue weighted by molar-refractivity contribution is 0.0523. The number of amides is 1. The second kappa shape index (κ2) is 8.27. The number of ether oxygens (including phenoxy) is 2. The van der Waals surface area contributed by atoms with Crippen LogP contribution in [0.1, 0.15) is 27.8 Å². The normalized spacial score (nSPS) is 10.8. The van der Waals surface area contributed by atoms with Crippen LogP contribution in [0, 0.1) is 0 Å². The first-order chi connectivity index (χ1) is 15.0. The number of anilines is 2. The highest BCUT2D eigenvalue weighted by atomic mass is 16.5. The molecule has 1 amide bonds. The number of nitrogens with zero attached hydrogens (tertiary/aromatic N) is 6. The molecule has 31 heavy (non-hydrogen) atoms. The van der Waals surface area contributed by atoms with Crippen molar-refractivity contribution in [2.24, 2.45) is 7.05 Å². The van der Waals surface area contributed by atoms with Crippen LogP contribution in [-0.2, 0) is 11.8 Å². The van der Waals surface area contributed by atoms with Crippen molar-refractivity contribution in [3.8, 4) is 5.75 Å². The third kappa shape index (κ3) is 3.70. The van der Waals surface area contributed by atoms with Crippen LogP contribution in [0.25, 0.3) is 5.65 Å². The van der Waals surface area contributed by atoms with Gasteiger partial charge >= 0.3 is 5.97 Å². The second-order valence-corrected chi connectivity index (χ2v) is 6.54. The number of pyridine rings is 1. The number of benzene rings is 1. The van der Waals surface area contributed by atoms with Gasteiger partial charge in [0, 0.05) is 25.4 Å². The highest BCUT2D eigenvalue weighted by molar-refractivity contribution is 6.14. The lowest BCUT2D eigenvalue weighted by Gasteiger charge is -2.24. The Kier molecular flexibility index (Phi) is 5.35. The number of aryl methyl sites for hydroxylation is 1. The number of methoxy groups -OCH3 is 1. The fourth-order valence-electron chi connectivity index (χ4n) is 3.23. The average Bonchev–Trinajstić information content (AvgIpc) is 3.40. The maximum absolute atomic E-state index is 13.8. The van der Waals surface area contributed by atoms with E-state index in [-0.39, 0.29) is 17.9 Å². The SMILES string of the molecule is CCOC(=O)c1cnn(C)c1C(=O)N(c1cccc(OC)c1)c1ccn2ncnc2c1. The minimum atomic E-state index is -0.613. The summed E-state index contributed by atoms with van der Waals surface area (Å²) in [4.78, 5) is 31.9. The van der Waals surface area contributed by atoms with Gasteiger partial charge in [0.2, 0.25) is 0 Å². The zero-order valence-electron chi connectivity index (χ0n) is 17.2. The van der Waals surface area contributed by atoms with Crippen LogP contribution in [0.4, 0.5) is 11.4 Å². The standard InChI is InChI=1S/C21H20N6O4/c1-4-31-21(29)17-12-23-25(2)19(17)20(28)27(14-6-5-7-16(10-14)30-3)15-8-9-26-18(11-15)22-13-24-26/h5-13H,4H2,1-3H3. The largest absolute Gasteiger partial charge is 0.497 e. The van der Waals surface area contributed by atoms with Crippen molar-refractivity contribution in [3.05, 3.63) is 66.4 Å². The summed E-state index contributed by atoms with van der Waals surface area (Å²) in [6, 6.07) is 10.5. The van der Waals surface area contributed by atoms with Crippen molar-refractivity contribution < 1.29 is 19.1 Å². The van der Waals surface area contributed by atoms with Gasteiger partial charge in [-0.3, -0.25) is 14.4 Å². The van der Waals surface area contributed by atoms with Gasteiger partial charge in [-0.25, -0.2) is 14.3 Å². The first-order valence-electron chi connectivity index (χ1n) is 9.50. The van der Waals surface area contributed by atoms with E-state index in [2.05, 4.69) is 15.2 Å². The number of hydrogen-bond acceptors (Lipinski definition) is 7. The molecule has 10 nitrogen and oxygen atoms in total. The lowest BCUT2D eigenvalue weighted by Crippen LogP contribution is -2.30. The van der Waals surface area contributed by atoms with Gasteiger partial charge in [0.25, 0.3) is 5.91 Å². The van der Waals surface area contributed by atoms with Gasteiger partial charge in [0.1, 0.15) is 23.3 Å². The van der Waals surface area contributed by atoms with Crippen molar-refractivity contribution in [1.82, 2.24) is 24.4 Å². The summed E-state index contributed by atoms with van der Waals surface area (Å²) in [6.07, 6.45) is 4.46. The molecule has 4 aromatic rings. The van der Waals surface area contributed by atoms with Crippen molar-refractivity contribution in [1.29, 1.82) is 0 Å². The number of aromatic nitrogens is 5. The molecule has 0 fully saturated rings. The Labute approximate surface area is 177 Å². The van der Waals surface area contributed by atoms with Gasteiger partial charge in [-0.2, -0.15) is 10.2 Å². The van der Waals surface area contributed by atoms with Gasteiger partial charge in [-0.05, 0) is 25.1 Å². The van der Waals surface area contributed by atoms with E-state index >= 15 is 0 Å². The number of fused-ring (bicyclic) bond motifs is 1. The van der Waals surface area contributed by atoms with Crippen molar-refractivity contribution in [2.75, 3.05) is 18.6 Å². The van der Waals surface area contributed by atoms with Crippen LogP contribution in [0.2, 0.25) is 0 Å². The van der Waals surface area contributed by atoms with E-state index in [4.69, 9.17) is 9.47 Å². The van der Waals surface area contributed by atoms with Crippen LogP contribution < -0.4 is 9.64 Å². The third-order valence-electron chi connectivity index (χ3n) is 4.67. The molecule has 10 heteroatoms. The summed E-state index contributed by atoms with van der Waals surface area (Å²) < 4.78 is 13.4. The monoisotopic (exact) mass is 420 g/mol. The zero-order valence-corrected chi connectivity index (χ0v) is 17.2. The summed E-state index contributed by atoms with van der Waals surface area (Å²) in [5.41, 5.74) is 1.83. The Morgan fingerprint density at radius 3 is 2.71 bits per heavy atom. The molecule has 0 unspecified atom stereocenters. The molecule has 3 heterocycles. The molecule has 0 saturated heterocycles. The van der Waals surface area contributed by atoms with Gasteiger partial charge < -0.3 is 9.47 Å². The second-order valence-electron chi connectivity index (χ2n) is 6.54. The first kappa shape index (κ1) is 20.1. The Morgan fingerprint density at radius 2 is 1.94 bits per heavy atom. The fourth-order valence-corrected chi connectivity index (χ4v) is 3.23. The van der Waals surface area contributed by atoms with Gasteiger partial charge in [0.15, 0.2) is 5.65 Å². The van der Waals surface area contributed by atoms with E-state index in [1.165, 1.54) is 22.1 Å². The molecule has 0 atom stereocenters. The summed E-state index contributed by atoms with van der Waals surface area (Å²) in [6.45, 7) is 1.89. The third-order valence-corrected chi connectivity index (χ3v) is 4.67. The minimum absolute atomic E-state index is 0.0887. The summed E-state index contributed by atoms with van der Waals surface area (Å²) in [5, 5.41) is 8.20. The van der Waals surface area contributed by atoms with E-state index in [1.54, 1.807) is 68.2 Å². The van der Waals surface area contributed by atoms with Crippen LogP contribution in [0.3, 0.4) is 0 Å². The highest BCUT2D eigenvalue weighted by Crippen LogP contribution is 2.31. The number of esters is 1. The molecule has 0 aliphatic carbocycles. The number of hydrogen-bond donors (Lipinski definition) is 0. The first-order valence-corrected chi connectivity index (χ1v) is 9.50. The Balaban J connectivity index is 1.88. The molecule has 4 rings (SSSR count). The summed E-state index contributed by atoms with van der Waals surface area (Å²) >= 11 is 0. The van der Waals surface area contributed by atoms with Crippen LogP contribution in [0.5, 0.6) is 5.75 Å². The number of carbonyl (C=O) groups excluding carboxylic acids is 2. The molecule has 0 N–H and O–H groups in total. The zero-order chi connectivity index (χ0) is 22.0. The van der Waals surface area contributed by atoms with Gasteiger partial charge in [-0.15, -0.1) is 0 Å². The maximum atomic E-state index is 13.8. The van der Waals surface area contributed by atoms with Gasteiger partial charge in [-0.1, -0.05) is 6.07 Å². The molecular formula is C21H20N6O4. The predicted molar refractivity (Wildman–Crippen MR) is 112 cm³/mol. The summed E-state index contributed by atoms with van der Waals surface area (Å²) in [5.74, 6) is -0.493. The Bertz CT molecular complexity index is 1260. The number of carbonyl (C=O) groups is 2. The summed E-state index contributed by atoms with van der Waals surface area (Å²) in [7, 11) is 3.15. The molecule has 0 radical (unpaired) electrons. The quantitative estimate of drug-likeness (QED) is 0.442. The van der Waals surface area contributed by atoms with E-state index in [1.807, 2.05) is 0 Å². The van der Waals surface area contributed by atoms with E-state index in [9.17, 15) is 9.59 Å². The molecule has 0 bridgehead atoms. The molecular weight excluding hydrogens is 400 g/mol. The molecule has 0 aliphatic heterocycles. The topological polar surface area (TPSA) is 104 Å². The van der Waals surface area contributed by atoms with Crippen LogP contribution in [-0.4, -0.2) is 50.0 Å². The molecule has 3 aromatic heterocycles. The molecule has 0 spiro atoms. The average molecular weight is 420 g/mol. The maximum Gasteiger partial charge on any atom is 0.342 e. The smallest absolute Gasteiger partial charge is 0.342 e. The Morgan fingerprint density at radius 1 is 1.13 bits per heavy atom. The number of rotatable bonds is 6. The van der Waals surface area contributed by atoms with Crippen LogP contribution in [0.15, 0.2) is 55.1 Å². The molecule has 0 saturated carbocycles. The van der Waals surface area contributed by atoms with Crippen molar-refractivity contribution >= 4 is 28.9 Å². The lowest BCUT2D eigenvalue weighted by atomic mass is 10.1. The molecule has 0 aliphatic rings. The van der Waals surface area contributed by atoms with E-state index in [0.29, 0.717) is 22.8 Å². The van der Waals surface area contributed by atoms with E-state index < -0.39 is 11.9 Å². The van der Waals surface area contributed by atoms with Gasteiger partial charge in [0.05, 0.1) is 31.3 Å². The fraction of sp³-hybridized carbons (Fsp3) is 0.190. The van der Waals surface area contributed by atoms with Crippen molar-refractivity contribution in [2.45, 2.75) is 6.92 Å².